The van der Waals surface area contributed by atoms with Gasteiger partial charge in [-0.3, -0.25) is 10.1 Å². The number of anilines is 1. The molecule has 8 nitrogen and oxygen atoms in total. The average molecular weight is 297 g/mol. The number of nitrogens with zero attached hydrogens (tertiary/aromatic N) is 1. The number of sulfonamides is 1. The molecule has 9 heteroatoms. The van der Waals surface area contributed by atoms with Crippen LogP contribution in [0.1, 0.15) is 5.76 Å². The summed E-state index contributed by atoms with van der Waals surface area (Å²) in [6, 6.07) is 6.65. The highest BCUT2D eigenvalue weighted by Crippen LogP contribution is 2.27. The Balaban J connectivity index is 2.34. The Labute approximate surface area is 114 Å². The zero-order valence-electron chi connectivity index (χ0n) is 10.1. The lowest BCUT2D eigenvalue weighted by Crippen LogP contribution is -2.13. The molecule has 2 rings (SSSR count). The number of rotatable bonds is 5. The fraction of sp³-hybridized carbons (Fsp3) is 0.0909. The first-order valence-corrected chi connectivity index (χ1v) is 7.00. The summed E-state index contributed by atoms with van der Waals surface area (Å²) in [6.45, 7) is 0.182. The number of benzene rings is 1. The van der Waals surface area contributed by atoms with Crippen molar-refractivity contribution in [1.29, 1.82) is 0 Å². The molecule has 0 atom stereocenters. The van der Waals surface area contributed by atoms with E-state index in [-0.39, 0.29) is 22.8 Å². The van der Waals surface area contributed by atoms with Gasteiger partial charge in [-0.2, -0.15) is 0 Å². The van der Waals surface area contributed by atoms with E-state index in [2.05, 4.69) is 5.32 Å². The number of hydrogen-bond acceptors (Lipinski definition) is 6. The minimum atomic E-state index is -3.93. The van der Waals surface area contributed by atoms with Crippen LogP contribution < -0.4 is 10.5 Å². The van der Waals surface area contributed by atoms with Gasteiger partial charge in [0.05, 0.1) is 22.6 Å². The zero-order chi connectivity index (χ0) is 14.8. The molecule has 1 aromatic carbocycles. The third-order valence-corrected chi connectivity index (χ3v) is 3.44. The molecule has 0 aliphatic rings. The molecule has 0 saturated heterocycles. The van der Waals surface area contributed by atoms with Crippen LogP contribution in [0, 0.1) is 10.1 Å². The number of nitro groups is 1. The summed E-state index contributed by atoms with van der Waals surface area (Å²) in [5.41, 5.74) is -0.193. The highest BCUT2D eigenvalue weighted by Gasteiger charge is 2.18. The summed E-state index contributed by atoms with van der Waals surface area (Å²) >= 11 is 0. The van der Waals surface area contributed by atoms with Crippen LogP contribution in [0.15, 0.2) is 45.9 Å². The van der Waals surface area contributed by atoms with E-state index in [1.807, 2.05) is 0 Å². The summed E-state index contributed by atoms with van der Waals surface area (Å²) in [6.07, 6.45) is 1.46. The molecular weight excluding hydrogens is 286 g/mol. The van der Waals surface area contributed by atoms with Gasteiger partial charge in [0.15, 0.2) is 0 Å². The van der Waals surface area contributed by atoms with E-state index in [1.165, 1.54) is 6.26 Å². The molecule has 0 saturated carbocycles. The van der Waals surface area contributed by atoms with E-state index in [1.54, 1.807) is 12.1 Å². The summed E-state index contributed by atoms with van der Waals surface area (Å²) < 4.78 is 27.6. The van der Waals surface area contributed by atoms with E-state index < -0.39 is 14.9 Å². The molecule has 0 radical (unpaired) electrons. The van der Waals surface area contributed by atoms with Crippen LogP contribution in [0.5, 0.6) is 0 Å². The fourth-order valence-corrected chi connectivity index (χ4v) is 2.13. The lowest BCUT2D eigenvalue weighted by molar-refractivity contribution is -0.384. The van der Waals surface area contributed by atoms with Crippen molar-refractivity contribution >= 4 is 21.4 Å². The van der Waals surface area contributed by atoms with E-state index in [0.717, 1.165) is 18.2 Å². The van der Waals surface area contributed by atoms with Gasteiger partial charge in [-0.15, -0.1) is 0 Å². The van der Waals surface area contributed by atoms with Crippen LogP contribution in [0.4, 0.5) is 11.4 Å². The molecule has 0 amide bonds. The molecule has 106 valence electrons. The normalized spacial score (nSPS) is 11.2. The monoisotopic (exact) mass is 297 g/mol. The predicted molar refractivity (Wildman–Crippen MR) is 70.5 cm³/mol. The SMILES string of the molecule is NS(=O)(=O)c1ccc([N+](=O)[O-])c(NCc2ccco2)c1. The van der Waals surface area contributed by atoms with Crippen molar-refractivity contribution in [2.75, 3.05) is 5.32 Å². The average Bonchev–Trinajstić information content (AvgIpc) is 2.87. The van der Waals surface area contributed by atoms with E-state index in [4.69, 9.17) is 9.56 Å². The largest absolute Gasteiger partial charge is 0.467 e. The number of nitro benzene ring substituents is 1. The van der Waals surface area contributed by atoms with E-state index >= 15 is 0 Å². The molecule has 1 heterocycles. The summed E-state index contributed by atoms with van der Waals surface area (Å²) in [5.74, 6) is 0.556. The molecule has 1 aromatic heterocycles. The number of nitrogens with one attached hydrogen (secondary N) is 1. The smallest absolute Gasteiger partial charge is 0.292 e. The Morgan fingerprint density at radius 3 is 2.65 bits per heavy atom. The maximum Gasteiger partial charge on any atom is 0.292 e. The number of furan rings is 1. The quantitative estimate of drug-likeness (QED) is 0.634. The molecule has 0 fully saturated rings. The molecule has 0 bridgehead atoms. The Morgan fingerprint density at radius 2 is 2.10 bits per heavy atom. The lowest BCUT2D eigenvalue weighted by Gasteiger charge is -2.07. The van der Waals surface area contributed by atoms with Gasteiger partial charge in [-0.25, -0.2) is 13.6 Å². The first kappa shape index (κ1) is 14.0. The van der Waals surface area contributed by atoms with Crippen molar-refractivity contribution in [1.82, 2.24) is 0 Å². The van der Waals surface area contributed by atoms with Gasteiger partial charge in [0, 0.05) is 6.07 Å². The first-order chi connectivity index (χ1) is 9.38. The Hall–Kier alpha value is -2.39. The molecule has 0 aliphatic heterocycles. The fourth-order valence-electron chi connectivity index (χ4n) is 1.59. The van der Waals surface area contributed by atoms with Crippen molar-refractivity contribution < 1.29 is 17.8 Å². The summed E-state index contributed by atoms with van der Waals surface area (Å²) in [5, 5.41) is 18.7. The van der Waals surface area contributed by atoms with Gasteiger partial charge in [-0.1, -0.05) is 0 Å². The van der Waals surface area contributed by atoms with Gasteiger partial charge in [0.2, 0.25) is 10.0 Å². The van der Waals surface area contributed by atoms with Crippen LogP contribution in [-0.4, -0.2) is 13.3 Å². The second-order valence-corrected chi connectivity index (χ2v) is 5.48. The van der Waals surface area contributed by atoms with E-state index in [9.17, 15) is 18.5 Å². The molecule has 2 aromatic rings. The minimum Gasteiger partial charge on any atom is -0.467 e. The maximum absolute atomic E-state index is 11.3. The van der Waals surface area contributed by atoms with E-state index in [0.29, 0.717) is 5.76 Å². The third-order valence-electron chi connectivity index (χ3n) is 2.53. The van der Waals surface area contributed by atoms with Gasteiger partial charge in [-0.05, 0) is 24.3 Å². The van der Waals surface area contributed by atoms with Crippen LogP contribution in [0.3, 0.4) is 0 Å². The molecular formula is C11H11N3O5S. The highest BCUT2D eigenvalue weighted by molar-refractivity contribution is 7.89. The van der Waals surface area contributed by atoms with Gasteiger partial charge in [0.1, 0.15) is 11.4 Å². The molecule has 0 unspecified atom stereocenters. The zero-order valence-corrected chi connectivity index (χ0v) is 11.0. The lowest BCUT2D eigenvalue weighted by atomic mass is 10.2. The summed E-state index contributed by atoms with van der Waals surface area (Å²) in [7, 11) is -3.93. The highest BCUT2D eigenvalue weighted by atomic mass is 32.2. The Kier molecular flexibility index (Phi) is 3.72. The summed E-state index contributed by atoms with van der Waals surface area (Å²) in [4.78, 5) is 10.1. The molecule has 3 N–H and O–H groups in total. The second kappa shape index (κ2) is 5.31. The van der Waals surface area contributed by atoms with Crippen LogP contribution >= 0.6 is 0 Å². The van der Waals surface area contributed by atoms with Crippen molar-refractivity contribution in [3.05, 3.63) is 52.5 Å². The maximum atomic E-state index is 11.3. The third kappa shape index (κ3) is 3.13. The number of hydrogen-bond donors (Lipinski definition) is 2. The number of primary sulfonamides is 1. The van der Waals surface area contributed by atoms with Crippen molar-refractivity contribution in [2.45, 2.75) is 11.4 Å². The molecule has 0 spiro atoms. The molecule has 20 heavy (non-hydrogen) atoms. The van der Waals surface area contributed by atoms with Crippen LogP contribution in [-0.2, 0) is 16.6 Å². The Bertz CT molecular complexity index is 725. The van der Waals surface area contributed by atoms with Crippen molar-refractivity contribution in [3.8, 4) is 0 Å². The van der Waals surface area contributed by atoms with Gasteiger partial charge < -0.3 is 9.73 Å². The predicted octanol–water partition coefficient (Wildman–Crippen LogP) is 1.45. The first-order valence-electron chi connectivity index (χ1n) is 5.45. The van der Waals surface area contributed by atoms with Crippen LogP contribution in [0.25, 0.3) is 0 Å². The van der Waals surface area contributed by atoms with Gasteiger partial charge in [0.25, 0.3) is 5.69 Å². The van der Waals surface area contributed by atoms with Crippen molar-refractivity contribution in [2.24, 2.45) is 5.14 Å². The second-order valence-electron chi connectivity index (χ2n) is 3.91. The van der Waals surface area contributed by atoms with Crippen molar-refractivity contribution in [3.63, 3.8) is 0 Å². The topological polar surface area (TPSA) is 128 Å². The van der Waals surface area contributed by atoms with Gasteiger partial charge >= 0.3 is 0 Å². The minimum absolute atomic E-state index is 0.0536. The number of nitrogens with two attached hydrogens (primary N) is 1. The molecule has 0 aliphatic carbocycles. The standard InChI is InChI=1S/C11H11N3O5S/c12-20(17,18)9-3-4-11(14(15)16)10(6-9)13-7-8-2-1-5-19-8/h1-6,13H,7H2,(H2,12,17,18). The Morgan fingerprint density at radius 1 is 1.35 bits per heavy atom. The van der Waals surface area contributed by atoms with Crippen LogP contribution in [0.2, 0.25) is 0 Å².